The maximum absolute atomic E-state index is 3.58. The fourth-order valence-electron chi connectivity index (χ4n) is 4.52. The number of aromatic amines is 1. The number of rotatable bonds is 2. The third-order valence-electron chi connectivity index (χ3n) is 5.23. The molecule has 2 aromatic rings. The highest BCUT2D eigenvalue weighted by atomic mass is 14.9. The number of hydrogen-bond acceptors (Lipinski definition) is 1. The Bertz CT molecular complexity index is 571. The lowest BCUT2D eigenvalue weighted by Crippen LogP contribution is -2.36. The molecule has 2 aliphatic carbocycles. The van der Waals surface area contributed by atoms with E-state index in [1.807, 2.05) is 0 Å². The smallest absolute Gasteiger partial charge is 0.0456 e. The molecule has 1 aromatic heterocycles. The van der Waals surface area contributed by atoms with Crippen LogP contribution >= 0.6 is 0 Å². The number of para-hydroxylation sites is 1. The van der Waals surface area contributed by atoms with Gasteiger partial charge in [-0.05, 0) is 49.8 Å². The average molecular weight is 240 g/mol. The zero-order valence-electron chi connectivity index (χ0n) is 10.8. The SMILES string of the molecule is CN[C@H]1[C@H]2CC[C@H](C2)[C@@H]1c1c[nH]c2ccccc12. The molecule has 2 bridgehead atoms. The minimum atomic E-state index is 0.683. The first-order valence-electron chi connectivity index (χ1n) is 7.12. The van der Waals surface area contributed by atoms with Gasteiger partial charge >= 0.3 is 0 Å². The van der Waals surface area contributed by atoms with Gasteiger partial charge in [0.15, 0.2) is 0 Å². The first-order valence-corrected chi connectivity index (χ1v) is 7.12. The number of nitrogens with one attached hydrogen (secondary N) is 2. The highest BCUT2D eigenvalue weighted by Crippen LogP contribution is 2.53. The third-order valence-corrected chi connectivity index (χ3v) is 5.23. The molecule has 1 aromatic carbocycles. The minimum Gasteiger partial charge on any atom is -0.361 e. The number of likely N-dealkylation sites (N-methyl/N-ethyl adjacent to an activating group) is 1. The standard InChI is InChI=1S/C16H20N2/c1-17-16-11-7-6-10(8-11)15(16)13-9-18-14-5-3-2-4-12(13)14/h2-5,9-11,15-18H,6-8H2,1H3/t10-,11+,15-,16+/m1/s1. The molecule has 2 N–H and O–H groups in total. The van der Waals surface area contributed by atoms with E-state index in [0.29, 0.717) is 12.0 Å². The fraction of sp³-hybridized carbons (Fsp3) is 0.500. The topological polar surface area (TPSA) is 27.8 Å². The van der Waals surface area contributed by atoms with Gasteiger partial charge in [0.1, 0.15) is 0 Å². The molecular weight excluding hydrogens is 220 g/mol. The van der Waals surface area contributed by atoms with Crippen LogP contribution in [0.25, 0.3) is 10.9 Å². The van der Waals surface area contributed by atoms with Gasteiger partial charge in [-0.1, -0.05) is 18.2 Å². The van der Waals surface area contributed by atoms with Gasteiger partial charge in [-0.2, -0.15) is 0 Å². The number of H-pyrrole nitrogens is 1. The van der Waals surface area contributed by atoms with E-state index in [2.05, 4.69) is 47.8 Å². The maximum Gasteiger partial charge on any atom is 0.0456 e. The molecule has 0 aliphatic heterocycles. The fourth-order valence-corrected chi connectivity index (χ4v) is 4.52. The Morgan fingerprint density at radius 1 is 1.17 bits per heavy atom. The molecule has 2 aliphatic rings. The van der Waals surface area contributed by atoms with E-state index in [1.54, 1.807) is 0 Å². The molecule has 0 spiro atoms. The summed E-state index contributed by atoms with van der Waals surface area (Å²) in [7, 11) is 2.13. The van der Waals surface area contributed by atoms with Crippen molar-refractivity contribution in [3.63, 3.8) is 0 Å². The van der Waals surface area contributed by atoms with E-state index in [-0.39, 0.29) is 0 Å². The summed E-state index contributed by atoms with van der Waals surface area (Å²) < 4.78 is 0. The van der Waals surface area contributed by atoms with Gasteiger partial charge in [0.2, 0.25) is 0 Å². The van der Waals surface area contributed by atoms with Gasteiger partial charge in [0, 0.05) is 29.1 Å². The highest BCUT2D eigenvalue weighted by molar-refractivity contribution is 5.83. The van der Waals surface area contributed by atoms with Crippen molar-refractivity contribution in [1.29, 1.82) is 0 Å². The maximum atomic E-state index is 3.58. The van der Waals surface area contributed by atoms with Crippen molar-refractivity contribution < 1.29 is 0 Å². The van der Waals surface area contributed by atoms with Gasteiger partial charge in [0.05, 0.1) is 0 Å². The van der Waals surface area contributed by atoms with Gasteiger partial charge in [-0.25, -0.2) is 0 Å². The summed E-state index contributed by atoms with van der Waals surface area (Å²) in [4.78, 5) is 3.44. The number of fused-ring (bicyclic) bond motifs is 3. The molecule has 2 saturated carbocycles. The molecule has 4 atom stereocenters. The van der Waals surface area contributed by atoms with E-state index in [1.165, 1.54) is 35.7 Å². The van der Waals surface area contributed by atoms with E-state index < -0.39 is 0 Å². The van der Waals surface area contributed by atoms with Crippen LogP contribution in [0.1, 0.15) is 30.7 Å². The average Bonchev–Trinajstić information content (AvgIpc) is 3.11. The van der Waals surface area contributed by atoms with Crippen LogP contribution in [0.3, 0.4) is 0 Å². The Morgan fingerprint density at radius 2 is 2.00 bits per heavy atom. The van der Waals surface area contributed by atoms with Crippen molar-refractivity contribution in [3.8, 4) is 0 Å². The molecule has 0 saturated heterocycles. The summed E-state index contributed by atoms with van der Waals surface area (Å²) in [6.07, 6.45) is 6.53. The Hall–Kier alpha value is -1.28. The largest absolute Gasteiger partial charge is 0.361 e. The van der Waals surface area contributed by atoms with Crippen LogP contribution in [0, 0.1) is 11.8 Å². The molecular formula is C16H20N2. The van der Waals surface area contributed by atoms with Crippen LogP contribution in [-0.4, -0.2) is 18.1 Å². The quantitative estimate of drug-likeness (QED) is 0.828. The zero-order chi connectivity index (χ0) is 12.1. The molecule has 0 amide bonds. The molecule has 2 nitrogen and oxygen atoms in total. The lowest BCUT2D eigenvalue weighted by atomic mass is 9.80. The molecule has 4 rings (SSSR count). The Kier molecular flexibility index (Phi) is 2.28. The van der Waals surface area contributed by atoms with Crippen molar-refractivity contribution in [2.75, 3.05) is 7.05 Å². The summed E-state index contributed by atoms with van der Waals surface area (Å²) in [6, 6.07) is 9.39. The Labute approximate surface area is 108 Å². The summed E-state index contributed by atoms with van der Waals surface area (Å²) in [6.45, 7) is 0. The molecule has 0 radical (unpaired) electrons. The zero-order valence-corrected chi connectivity index (χ0v) is 10.8. The van der Waals surface area contributed by atoms with Crippen LogP contribution < -0.4 is 5.32 Å². The van der Waals surface area contributed by atoms with Crippen molar-refractivity contribution in [3.05, 3.63) is 36.0 Å². The van der Waals surface area contributed by atoms with E-state index >= 15 is 0 Å². The molecule has 2 fully saturated rings. The van der Waals surface area contributed by atoms with Gasteiger partial charge in [0.25, 0.3) is 0 Å². The minimum absolute atomic E-state index is 0.683. The first-order chi connectivity index (χ1) is 8.88. The second-order valence-corrected chi connectivity index (χ2v) is 5.96. The van der Waals surface area contributed by atoms with Crippen LogP contribution in [0.4, 0.5) is 0 Å². The van der Waals surface area contributed by atoms with E-state index in [0.717, 1.165) is 11.8 Å². The molecule has 2 heteroatoms. The first kappa shape index (κ1) is 10.6. The summed E-state index contributed by atoms with van der Waals surface area (Å²) in [5, 5.41) is 5.01. The lowest BCUT2D eigenvalue weighted by Gasteiger charge is -2.30. The summed E-state index contributed by atoms with van der Waals surface area (Å²) in [5.74, 6) is 2.51. The molecule has 0 unspecified atom stereocenters. The number of benzene rings is 1. The van der Waals surface area contributed by atoms with Crippen molar-refractivity contribution in [1.82, 2.24) is 10.3 Å². The van der Waals surface area contributed by atoms with E-state index in [4.69, 9.17) is 0 Å². The molecule has 94 valence electrons. The van der Waals surface area contributed by atoms with Crippen LogP contribution in [-0.2, 0) is 0 Å². The number of aromatic nitrogens is 1. The second kappa shape index (κ2) is 3.86. The van der Waals surface area contributed by atoms with Crippen molar-refractivity contribution >= 4 is 10.9 Å². The van der Waals surface area contributed by atoms with Crippen LogP contribution in [0.5, 0.6) is 0 Å². The van der Waals surface area contributed by atoms with Crippen molar-refractivity contribution in [2.45, 2.75) is 31.2 Å². The molecule has 18 heavy (non-hydrogen) atoms. The van der Waals surface area contributed by atoms with Gasteiger partial charge in [-0.3, -0.25) is 0 Å². The van der Waals surface area contributed by atoms with Crippen LogP contribution in [0.15, 0.2) is 30.5 Å². The van der Waals surface area contributed by atoms with Crippen molar-refractivity contribution in [2.24, 2.45) is 11.8 Å². The predicted octanol–water partition coefficient (Wildman–Crippen LogP) is 3.27. The lowest BCUT2D eigenvalue weighted by molar-refractivity contribution is 0.327. The second-order valence-electron chi connectivity index (χ2n) is 5.96. The Balaban J connectivity index is 1.82. The van der Waals surface area contributed by atoms with E-state index in [9.17, 15) is 0 Å². The monoisotopic (exact) mass is 240 g/mol. The number of hydrogen-bond donors (Lipinski definition) is 2. The van der Waals surface area contributed by atoms with Crippen LogP contribution in [0.2, 0.25) is 0 Å². The Morgan fingerprint density at radius 3 is 2.89 bits per heavy atom. The molecule has 1 heterocycles. The predicted molar refractivity (Wildman–Crippen MR) is 74.7 cm³/mol. The summed E-state index contributed by atoms with van der Waals surface area (Å²) in [5.41, 5.74) is 2.82. The highest BCUT2D eigenvalue weighted by Gasteiger charge is 2.47. The third kappa shape index (κ3) is 1.33. The van der Waals surface area contributed by atoms with Gasteiger partial charge in [-0.15, -0.1) is 0 Å². The normalized spacial score (nSPS) is 34.5. The summed E-state index contributed by atoms with van der Waals surface area (Å²) >= 11 is 0. The van der Waals surface area contributed by atoms with Gasteiger partial charge < -0.3 is 10.3 Å².